The minimum absolute atomic E-state index is 0.187. The number of hydrogen-bond donors (Lipinski definition) is 1. The molecule has 20 heavy (non-hydrogen) atoms. The number of ether oxygens (including phenoxy) is 1. The molecule has 1 N–H and O–H groups in total. The minimum Gasteiger partial charge on any atom is -0.495 e. The van der Waals surface area contributed by atoms with E-state index in [2.05, 4.69) is 37.2 Å². The van der Waals surface area contributed by atoms with E-state index in [0.29, 0.717) is 17.0 Å². The number of benzene rings is 2. The van der Waals surface area contributed by atoms with Crippen LogP contribution in [-0.4, -0.2) is 13.0 Å². The molecule has 104 valence electrons. The van der Waals surface area contributed by atoms with Gasteiger partial charge in [-0.05, 0) is 58.7 Å². The molecule has 0 bridgehead atoms. The summed E-state index contributed by atoms with van der Waals surface area (Å²) in [6.45, 7) is 1.98. The van der Waals surface area contributed by atoms with E-state index in [4.69, 9.17) is 4.74 Å². The smallest absolute Gasteiger partial charge is 0.256 e. The molecule has 0 heterocycles. The molecule has 0 atom stereocenters. The van der Waals surface area contributed by atoms with Crippen molar-refractivity contribution < 1.29 is 9.53 Å². The minimum atomic E-state index is -0.187. The lowest BCUT2D eigenvalue weighted by atomic mass is 10.1. The van der Waals surface area contributed by atoms with Crippen LogP contribution in [-0.2, 0) is 0 Å². The van der Waals surface area contributed by atoms with Crippen molar-refractivity contribution in [3.05, 3.63) is 56.5 Å². The molecule has 0 unspecified atom stereocenters. The first-order chi connectivity index (χ1) is 9.51. The van der Waals surface area contributed by atoms with Crippen LogP contribution < -0.4 is 10.1 Å². The molecule has 2 rings (SSSR count). The zero-order chi connectivity index (χ0) is 14.7. The second-order valence-corrected chi connectivity index (χ2v) is 6.05. The van der Waals surface area contributed by atoms with E-state index < -0.39 is 0 Å². The van der Waals surface area contributed by atoms with E-state index in [1.54, 1.807) is 25.3 Å². The van der Waals surface area contributed by atoms with E-state index in [1.807, 2.05) is 25.1 Å². The monoisotopic (exact) mass is 397 g/mol. The van der Waals surface area contributed by atoms with Crippen LogP contribution in [0, 0.1) is 6.92 Å². The molecule has 0 radical (unpaired) electrons. The van der Waals surface area contributed by atoms with Crippen molar-refractivity contribution in [2.45, 2.75) is 6.92 Å². The first kappa shape index (κ1) is 15.1. The van der Waals surface area contributed by atoms with Gasteiger partial charge in [0.05, 0.1) is 18.4 Å². The highest BCUT2D eigenvalue weighted by molar-refractivity contribution is 9.10. The molecule has 2 aromatic carbocycles. The van der Waals surface area contributed by atoms with Crippen LogP contribution in [0.25, 0.3) is 0 Å². The number of anilines is 1. The first-order valence-electron chi connectivity index (χ1n) is 5.92. The molecule has 0 saturated heterocycles. The molecule has 0 aromatic heterocycles. The van der Waals surface area contributed by atoms with Crippen LogP contribution in [0.15, 0.2) is 45.3 Å². The van der Waals surface area contributed by atoms with Gasteiger partial charge in [0.1, 0.15) is 5.75 Å². The average molecular weight is 399 g/mol. The molecule has 3 nitrogen and oxygen atoms in total. The van der Waals surface area contributed by atoms with Gasteiger partial charge in [-0.1, -0.05) is 22.0 Å². The Kier molecular flexibility index (Phi) is 4.83. The normalized spacial score (nSPS) is 10.2. The van der Waals surface area contributed by atoms with Crippen LogP contribution >= 0.6 is 31.9 Å². The van der Waals surface area contributed by atoms with E-state index in [0.717, 1.165) is 14.5 Å². The molecule has 0 spiro atoms. The van der Waals surface area contributed by atoms with Gasteiger partial charge in [0.15, 0.2) is 0 Å². The third-order valence-electron chi connectivity index (χ3n) is 2.78. The van der Waals surface area contributed by atoms with Gasteiger partial charge in [-0.2, -0.15) is 0 Å². The lowest BCUT2D eigenvalue weighted by molar-refractivity contribution is 0.102. The van der Waals surface area contributed by atoms with Crippen molar-refractivity contribution in [2.24, 2.45) is 0 Å². The Morgan fingerprint density at radius 3 is 2.55 bits per heavy atom. The predicted molar refractivity (Wildman–Crippen MR) is 87.5 cm³/mol. The number of hydrogen-bond acceptors (Lipinski definition) is 2. The van der Waals surface area contributed by atoms with Gasteiger partial charge >= 0.3 is 0 Å². The predicted octanol–water partition coefficient (Wildman–Crippen LogP) is 4.78. The number of nitrogens with one attached hydrogen (secondary N) is 1. The Hall–Kier alpha value is -1.33. The molecule has 2 aromatic rings. The van der Waals surface area contributed by atoms with Gasteiger partial charge in [-0.25, -0.2) is 0 Å². The standard InChI is InChI=1S/C15H13Br2NO2/c1-9-3-5-11(12(17)7-9)15(19)18-13-8-10(16)4-6-14(13)20-2/h3-8H,1-2H3,(H,18,19). The number of carbonyl (C=O) groups excluding carboxylic acids is 1. The summed E-state index contributed by atoms with van der Waals surface area (Å²) in [5.41, 5.74) is 2.30. The number of methoxy groups -OCH3 is 1. The lowest BCUT2D eigenvalue weighted by Crippen LogP contribution is -2.13. The zero-order valence-electron chi connectivity index (χ0n) is 11.0. The van der Waals surface area contributed by atoms with E-state index in [1.165, 1.54) is 0 Å². The molecule has 5 heteroatoms. The summed E-state index contributed by atoms with van der Waals surface area (Å²) in [7, 11) is 1.57. The highest BCUT2D eigenvalue weighted by Gasteiger charge is 2.13. The van der Waals surface area contributed by atoms with Gasteiger partial charge in [0, 0.05) is 8.95 Å². The van der Waals surface area contributed by atoms with Crippen LogP contribution in [0.5, 0.6) is 5.75 Å². The lowest BCUT2D eigenvalue weighted by Gasteiger charge is -2.11. The Bertz CT molecular complexity index is 656. The first-order valence-corrected chi connectivity index (χ1v) is 7.51. The third-order valence-corrected chi connectivity index (χ3v) is 3.93. The molecule has 1 amide bonds. The molecule has 0 aliphatic heterocycles. The van der Waals surface area contributed by atoms with Crippen molar-refractivity contribution in [1.82, 2.24) is 0 Å². The highest BCUT2D eigenvalue weighted by Crippen LogP contribution is 2.29. The molecule has 0 saturated carbocycles. The SMILES string of the molecule is COc1ccc(Br)cc1NC(=O)c1ccc(C)cc1Br. The maximum atomic E-state index is 12.3. The van der Waals surface area contributed by atoms with Crippen molar-refractivity contribution in [3.8, 4) is 5.75 Å². The maximum Gasteiger partial charge on any atom is 0.256 e. The molecule has 0 aliphatic rings. The topological polar surface area (TPSA) is 38.3 Å². The summed E-state index contributed by atoms with van der Waals surface area (Å²) in [6.07, 6.45) is 0. The van der Waals surface area contributed by atoms with Crippen LogP contribution in [0.3, 0.4) is 0 Å². The summed E-state index contributed by atoms with van der Waals surface area (Å²) in [5.74, 6) is 0.429. The number of rotatable bonds is 3. The molecule has 0 fully saturated rings. The summed E-state index contributed by atoms with van der Waals surface area (Å²) < 4.78 is 6.88. The fourth-order valence-electron chi connectivity index (χ4n) is 1.77. The molecular formula is C15H13Br2NO2. The van der Waals surface area contributed by atoms with Crippen LogP contribution in [0.1, 0.15) is 15.9 Å². The summed E-state index contributed by atoms with van der Waals surface area (Å²) in [6, 6.07) is 11.1. The average Bonchev–Trinajstić information content (AvgIpc) is 2.38. The summed E-state index contributed by atoms with van der Waals surface area (Å²) in [5, 5.41) is 2.85. The molecular weight excluding hydrogens is 386 g/mol. The number of halogens is 2. The fraction of sp³-hybridized carbons (Fsp3) is 0.133. The number of aryl methyl sites for hydroxylation is 1. The van der Waals surface area contributed by atoms with Gasteiger partial charge in [-0.15, -0.1) is 0 Å². The summed E-state index contributed by atoms with van der Waals surface area (Å²) in [4.78, 5) is 12.3. The quantitative estimate of drug-likeness (QED) is 0.807. The Labute approximate surface area is 134 Å². The van der Waals surface area contributed by atoms with E-state index in [-0.39, 0.29) is 5.91 Å². The second kappa shape index (κ2) is 6.41. The van der Waals surface area contributed by atoms with Crippen molar-refractivity contribution in [3.63, 3.8) is 0 Å². The van der Waals surface area contributed by atoms with Gasteiger partial charge in [0.2, 0.25) is 0 Å². The Morgan fingerprint density at radius 2 is 1.90 bits per heavy atom. The second-order valence-electron chi connectivity index (χ2n) is 4.28. The maximum absolute atomic E-state index is 12.3. The van der Waals surface area contributed by atoms with Crippen molar-refractivity contribution >= 4 is 43.5 Å². The van der Waals surface area contributed by atoms with Gasteiger partial charge < -0.3 is 10.1 Å². The van der Waals surface area contributed by atoms with E-state index >= 15 is 0 Å². The van der Waals surface area contributed by atoms with E-state index in [9.17, 15) is 4.79 Å². The largest absolute Gasteiger partial charge is 0.495 e. The van der Waals surface area contributed by atoms with Crippen molar-refractivity contribution in [2.75, 3.05) is 12.4 Å². The highest BCUT2D eigenvalue weighted by atomic mass is 79.9. The Balaban J connectivity index is 2.30. The zero-order valence-corrected chi connectivity index (χ0v) is 14.2. The van der Waals surface area contributed by atoms with Gasteiger partial charge in [0.25, 0.3) is 5.91 Å². The Morgan fingerprint density at radius 1 is 1.15 bits per heavy atom. The number of carbonyl (C=O) groups is 1. The number of amides is 1. The van der Waals surface area contributed by atoms with Crippen molar-refractivity contribution in [1.29, 1.82) is 0 Å². The van der Waals surface area contributed by atoms with Crippen LogP contribution in [0.4, 0.5) is 5.69 Å². The fourth-order valence-corrected chi connectivity index (χ4v) is 2.81. The molecule has 0 aliphatic carbocycles. The summed E-state index contributed by atoms with van der Waals surface area (Å²) >= 11 is 6.79. The van der Waals surface area contributed by atoms with Gasteiger partial charge in [-0.3, -0.25) is 4.79 Å². The third kappa shape index (κ3) is 3.41. The van der Waals surface area contributed by atoms with Crippen LogP contribution in [0.2, 0.25) is 0 Å².